The number of aliphatic carboxylic acids is 1. The van der Waals surface area contributed by atoms with Crippen molar-refractivity contribution in [3.63, 3.8) is 0 Å². The Bertz CT molecular complexity index is 612. The van der Waals surface area contributed by atoms with E-state index in [4.69, 9.17) is 5.11 Å². The Kier molecular flexibility index (Phi) is 2.62. The van der Waals surface area contributed by atoms with Crippen molar-refractivity contribution in [1.29, 1.82) is 0 Å². The van der Waals surface area contributed by atoms with Gasteiger partial charge in [-0.2, -0.15) is 0 Å². The highest BCUT2D eigenvalue weighted by atomic mass is 16.4. The van der Waals surface area contributed by atoms with E-state index in [1.807, 2.05) is 12.1 Å². The van der Waals surface area contributed by atoms with Crippen LogP contribution in [0.5, 0.6) is 0 Å². The van der Waals surface area contributed by atoms with E-state index >= 15 is 0 Å². The van der Waals surface area contributed by atoms with Gasteiger partial charge in [0.2, 0.25) is 0 Å². The van der Waals surface area contributed by atoms with Crippen LogP contribution in [0, 0.1) is 0 Å². The molecule has 0 amide bonds. The van der Waals surface area contributed by atoms with Crippen molar-refractivity contribution in [1.82, 2.24) is 4.98 Å². The maximum absolute atomic E-state index is 11.1. The highest BCUT2D eigenvalue weighted by Crippen LogP contribution is 2.31. The maximum Gasteiger partial charge on any atom is 0.310 e. The molecule has 1 aliphatic rings. The van der Waals surface area contributed by atoms with E-state index in [1.165, 1.54) is 29.5 Å². The van der Waals surface area contributed by atoms with E-state index in [1.54, 1.807) is 6.92 Å². The predicted octanol–water partition coefficient (Wildman–Crippen LogP) is 3.23. The number of rotatable bonds is 2. The minimum atomic E-state index is -0.765. The second kappa shape index (κ2) is 4.16. The van der Waals surface area contributed by atoms with E-state index in [0.717, 1.165) is 23.9 Å². The molecule has 0 saturated heterocycles. The van der Waals surface area contributed by atoms with Crippen LogP contribution in [0.25, 0.3) is 10.9 Å². The van der Waals surface area contributed by atoms with Gasteiger partial charge in [0.15, 0.2) is 0 Å². The van der Waals surface area contributed by atoms with Gasteiger partial charge in [-0.05, 0) is 55.9 Å². The molecule has 1 aromatic carbocycles. The molecular weight excluding hydrogens is 226 g/mol. The summed E-state index contributed by atoms with van der Waals surface area (Å²) in [6.07, 6.45) is 4.71. The van der Waals surface area contributed by atoms with Crippen molar-refractivity contribution in [2.24, 2.45) is 0 Å². The number of aryl methyl sites for hydroxylation is 2. The van der Waals surface area contributed by atoms with Crippen LogP contribution in [-0.2, 0) is 17.6 Å². The number of fused-ring (bicyclic) bond motifs is 3. The molecule has 3 rings (SSSR count). The smallest absolute Gasteiger partial charge is 0.310 e. The summed E-state index contributed by atoms with van der Waals surface area (Å²) in [4.78, 5) is 14.5. The van der Waals surface area contributed by atoms with Gasteiger partial charge in [0.05, 0.1) is 5.92 Å². The van der Waals surface area contributed by atoms with E-state index in [0.29, 0.717) is 0 Å². The van der Waals surface area contributed by atoms with Crippen LogP contribution in [0.15, 0.2) is 18.2 Å². The SMILES string of the molecule is CC(C(=O)O)c1ccc2[nH]c3c(c2c1)CCCC3. The summed E-state index contributed by atoms with van der Waals surface area (Å²) in [5.74, 6) is -1.21. The zero-order chi connectivity index (χ0) is 12.7. The van der Waals surface area contributed by atoms with Gasteiger partial charge in [0, 0.05) is 16.6 Å². The number of hydrogen-bond donors (Lipinski definition) is 2. The highest BCUT2D eigenvalue weighted by molar-refractivity contribution is 5.87. The first-order valence-electron chi connectivity index (χ1n) is 6.53. The number of carbonyl (C=O) groups is 1. The van der Waals surface area contributed by atoms with Gasteiger partial charge in [-0.25, -0.2) is 0 Å². The predicted molar refractivity (Wildman–Crippen MR) is 71.0 cm³/mol. The third-order valence-electron chi connectivity index (χ3n) is 3.99. The fourth-order valence-corrected chi connectivity index (χ4v) is 2.84. The molecule has 1 aliphatic carbocycles. The van der Waals surface area contributed by atoms with E-state index in [2.05, 4.69) is 11.1 Å². The molecule has 3 heteroatoms. The molecule has 1 atom stereocenters. The van der Waals surface area contributed by atoms with Gasteiger partial charge < -0.3 is 10.1 Å². The van der Waals surface area contributed by atoms with Crippen LogP contribution in [0.2, 0.25) is 0 Å². The van der Waals surface area contributed by atoms with Gasteiger partial charge >= 0.3 is 5.97 Å². The Morgan fingerprint density at radius 2 is 2.11 bits per heavy atom. The summed E-state index contributed by atoms with van der Waals surface area (Å²) >= 11 is 0. The molecule has 1 heterocycles. The molecule has 0 bridgehead atoms. The fraction of sp³-hybridized carbons (Fsp3) is 0.400. The molecule has 0 radical (unpaired) electrons. The molecule has 0 fully saturated rings. The molecular formula is C15H17NO2. The standard InChI is InChI=1S/C15H17NO2/c1-9(15(17)18)10-6-7-14-12(8-10)11-4-2-3-5-13(11)16-14/h6-9,16H,2-5H2,1H3,(H,17,18). The number of carboxylic acid groups (broad SMARTS) is 1. The molecule has 0 aliphatic heterocycles. The molecule has 1 unspecified atom stereocenters. The molecule has 0 spiro atoms. The Morgan fingerprint density at radius 1 is 1.33 bits per heavy atom. The summed E-state index contributed by atoms with van der Waals surface area (Å²) in [6, 6.07) is 5.99. The number of carboxylic acids is 1. The minimum absolute atomic E-state index is 0.441. The van der Waals surface area contributed by atoms with Gasteiger partial charge in [-0.15, -0.1) is 0 Å². The van der Waals surface area contributed by atoms with Gasteiger partial charge in [0.25, 0.3) is 0 Å². The van der Waals surface area contributed by atoms with Crippen LogP contribution in [0.4, 0.5) is 0 Å². The summed E-state index contributed by atoms with van der Waals surface area (Å²) in [7, 11) is 0. The van der Waals surface area contributed by atoms with E-state index in [9.17, 15) is 4.79 Å². The first-order chi connectivity index (χ1) is 8.66. The Morgan fingerprint density at radius 3 is 2.89 bits per heavy atom. The molecule has 3 nitrogen and oxygen atoms in total. The second-order valence-electron chi connectivity index (χ2n) is 5.15. The third kappa shape index (κ3) is 1.70. The number of hydrogen-bond acceptors (Lipinski definition) is 1. The van der Waals surface area contributed by atoms with E-state index < -0.39 is 11.9 Å². The topological polar surface area (TPSA) is 53.1 Å². The van der Waals surface area contributed by atoms with Crippen LogP contribution in [0.1, 0.15) is 42.5 Å². The first-order valence-corrected chi connectivity index (χ1v) is 6.53. The number of benzene rings is 1. The molecule has 0 saturated carbocycles. The molecule has 94 valence electrons. The number of H-pyrrole nitrogens is 1. The van der Waals surface area contributed by atoms with Crippen molar-refractivity contribution in [2.75, 3.05) is 0 Å². The quantitative estimate of drug-likeness (QED) is 0.850. The fourth-order valence-electron chi connectivity index (χ4n) is 2.84. The summed E-state index contributed by atoms with van der Waals surface area (Å²) < 4.78 is 0. The lowest BCUT2D eigenvalue weighted by atomic mass is 9.93. The van der Waals surface area contributed by atoms with E-state index in [-0.39, 0.29) is 0 Å². The van der Waals surface area contributed by atoms with Crippen LogP contribution in [-0.4, -0.2) is 16.1 Å². The van der Waals surface area contributed by atoms with Gasteiger partial charge in [-0.3, -0.25) is 4.79 Å². The molecule has 1 aromatic heterocycles. The van der Waals surface area contributed by atoms with Gasteiger partial charge in [-0.1, -0.05) is 6.07 Å². The lowest BCUT2D eigenvalue weighted by molar-refractivity contribution is -0.138. The average molecular weight is 243 g/mol. The van der Waals surface area contributed by atoms with Crippen molar-refractivity contribution in [3.05, 3.63) is 35.0 Å². The lowest BCUT2D eigenvalue weighted by Crippen LogP contribution is -2.07. The number of aromatic amines is 1. The maximum atomic E-state index is 11.1. The highest BCUT2D eigenvalue weighted by Gasteiger charge is 2.18. The van der Waals surface area contributed by atoms with Crippen molar-refractivity contribution < 1.29 is 9.90 Å². The summed E-state index contributed by atoms with van der Waals surface area (Å²) in [5.41, 5.74) is 4.78. The first kappa shape index (κ1) is 11.3. The van der Waals surface area contributed by atoms with Crippen molar-refractivity contribution in [2.45, 2.75) is 38.5 Å². The lowest BCUT2D eigenvalue weighted by Gasteiger charge is -2.11. The molecule has 18 heavy (non-hydrogen) atoms. The van der Waals surface area contributed by atoms with Crippen molar-refractivity contribution >= 4 is 16.9 Å². The zero-order valence-electron chi connectivity index (χ0n) is 10.5. The Balaban J connectivity index is 2.13. The Labute approximate surface area is 106 Å². The van der Waals surface area contributed by atoms with Gasteiger partial charge in [0.1, 0.15) is 0 Å². The minimum Gasteiger partial charge on any atom is -0.481 e. The van der Waals surface area contributed by atoms with Crippen LogP contribution < -0.4 is 0 Å². The number of aromatic nitrogens is 1. The largest absolute Gasteiger partial charge is 0.481 e. The van der Waals surface area contributed by atoms with Crippen LogP contribution >= 0.6 is 0 Å². The molecule has 2 N–H and O–H groups in total. The Hall–Kier alpha value is -1.77. The van der Waals surface area contributed by atoms with Crippen LogP contribution in [0.3, 0.4) is 0 Å². The zero-order valence-corrected chi connectivity index (χ0v) is 10.5. The monoisotopic (exact) mass is 243 g/mol. The third-order valence-corrected chi connectivity index (χ3v) is 3.99. The summed E-state index contributed by atoms with van der Waals surface area (Å²) in [5, 5.41) is 10.3. The number of nitrogens with one attached hydrogen (secondary N) is 1. The average Bonchev–Trinajstić information content (AvgIpc) is 2.75. The molecule has 2 aromatic rings. The van der Waals surface area contributed by atoms with Crippen molar-refractivity contribution in [3.8, 4) is 0 Å². The second-order valence-corrected chi connectivity index (χ2v) is 5.15. The summed E-state index contributed by atoms with van der Waals surface area (Å²) in [6.45, 7) is 1.74. The normalized spacial score (nSPS) is 16.5.